The Morgan fingerprint density at radius 3 is 2.19 bits per heavy atom. The molecule has 0 atom stereocenters. The van der Waals surface area contributed by atoms with Gasteiger partial charge in [-0.2, -0.15) is 31.1 Å². The van der Waals surface area contributed by atoms with Crippen molar-refractivity contribution in [1.82, 2.24) is 4.98 Å². The summed E-state index contributed by atoms with van der Waals surface area (Å²) in [6.45, 7) is 1.24. The second-order valence-corrected chi connectivity index (χ2v) is 5.57. The van der Waals surface area contributed by atoms with Crippen LogP contribution in [-0.2, 0) is 12.4 Å². The van der Waals surface area contributed by atoms with E-state index in [-0.39, 0.29) is 21.4 Å². The van der Waals surface area contributed by atoms with Crippen molar-refractivity contribution in [1.29, 1.82) is 0 Å². The van der Waals surface area contributed by atoms with Crippen molar-refractivity contribution < 1.29 is 31.1 Å². The van der Waals surface area contributed by atoms with Crippen LogP contribution in [0.5, 0.6) is 0 Å². The van der Waals surface area contributed by atoms with Crippen LogP contribution in [0.25, 0.3) is 22.2 Å². The first-order valence-corrected chi connectivity index (χ1v) is 7.28. The van der Waals surface area contributed by atoms with E-state index in [1.54, 1.807) is 0 Å². The normalized spacial score (nSPS) is 12.6. The van der Waals surface area contributed by atoms with Gasteiger partial charge in [0.25, 0.3) is 0 Å². The monoisotopic (exact) mass is 372 g/mol. The Bertz CT molecular complexity index is 995. The molecule has 0 amide bonds. The highest BCUT2D eigenvalue weighted by molar-refractivity contribution is 5.91. The van der Waals surface area contributed by atoms with Crippen LogP contribution < -0.4 is 4.73 Å². The van der Waals surface area contributed by atoms with E-state index >= 15 is 0 Å². The minimum atomic E-state index is -5.05. The fourth-order valence-corrected chi connectivity index (χ4v) is 2.82. The van der Waals surface area contributed by atoms with Crippen LogP contribution in [-0.4, -0.2) is 4.98 Å². The number of benzene rings is 1. The maximum Gasteiger partial charge on any atom is 0.434 e. The third-order valence-electron chi connectivity index (χ3n) is 3.93. The number of rotatable bonds is 1. The molecule has 0 aliphatic rings. The molecule has 0 saturated carbocycles. The number of aromatic nitrogens is 2. The molecule has 0 saturated heterocycles. The van der Waals surface area contributed by atoms with E-state index in [1.165, 1.54) is 25.1 Å². The molecule has 0 unspecified atom stereocenters. The Labute approximate surface area is 143 Å². The predicted molar refractivity (Wildman–Crippen MR) is 80.9 cm³/mol. The lowest BCUT2D eigenvalue weighted by Crippen LogP contribution is -2.29. The van der Waals surface area contributed by atoms with Crippen LogP contribution in [0.15, 0.2) is 42.6 Å². The fourth-order valence-electron chi connectivity index (χ4n) is 2.82. The van der Waals surface area contributed by atoms with Crippen molar-refractivity contribution in [2.75, 3.05) is 0 Å². The second kappa shape index (κ2) is 5.86. The molecule has 2 aromatic heterocycles. The first kappa shape index (κ1) is 18.0. The summed E-state index contributed by atoms with van der Waals surface area (Å²) in [5.74, 6) is 0. The summed E-state index contributed by atoms with van der Waals surface area (Å²) in [4.78, 5) is 3.29. The SMILES string of the molecule is Cc1c(-c2cccc[n+]2[O-])c(C(F)(F)F)nc2c(C(F)(F)F)cccc12. The Morgan fingerprint density at radius 1 is 0.923 bits per heavy atom. The van der Waals surface area contributed by atoms with Gasteiger partial charge in [-0.05, 0) is 24.6 Å². The number of alkyl halides is 6. The molecule has 0 aliphatic carbocycles. The molecule has 0 aliphatic heterocycles. The van der Waals surface area contributed by atoms with Crippen LogP contribution in [0.2, 0.25) is 0 Å². The Kier molecular flexibility index (Phi) is 4.05. The molecule has 3 nitrogen and oxygen atoms in total. The van der Waals surface area contributed by atoms with E-state index < -0.39 is 34.7 Å². The standard InChI is InChI=1S/C17H10F6N2O/c1-9-10-5-4-6-11(16(18,19)20)14(10)24-15(17(21,22)23)13(9)12-7-2-3-8-25(12)26/h2-8H,1H3. The highest BCUT2D eigenvalue weighted by Gasteiger charge is 2.41. The van der Waals surface area contributed by atoms with Crippen LogP contribution in [0.1, 0.15) is 16.8 Å². The molecular formula is C17H10F6N2O. The van der Waals surface area contributed by atoms with Gasteiger partial charge in [0.2, 0.25) is 5.69 Å². The van der Waals surface area contributed by atoms with E-state index in [4.69, 9.17) is 0 Å². The smallest absolute Gasteiger partial charge is 0.434 e. The van der Waals surface area contributed by atoms with Gasteiger partial charge in [-0.1, -0.05) is 12.1 Å². The van der Waals surface area contributed by atoms with Gasteiger partial charge in [0.05, 0.1) is 16.6 Å². The molecule has 26 heavy (non-hydrogen) atoms. The summed E-state index contributed by atoms with van der Waals surface area (Å²) < 4.78 is 80.4. The maximum atomic E-state index is 13.5. The molecule has 0 radical (unpaired) electrons. The number of aryl methyl sites for hydroxylation is 1. The molecule has 3 aromatic rings. The van der Waals surface area contributed by atoms with E-state index in [1.807, 2.05) is 0 Å². The lowest BCUT2D eigenvalue weighted by Gasteiger charge is -2.18. The zero-order valence-corrected chi connectivity index (χ0v) is 13.1. The summed E-state index contributed by atoms with van der Waals surface area (Å²) >= 11 is 0. The summed E-state index contributed by atoms with van der Waals surface area (Å²) in [5, 5.41) is 11.8. The topological polar surface area (TPSA) is 39.8 Å². The zero-order valence-electron chi connectivity index (χ0n) is 13.1. The average molecular weight is 372 g/mol. The van der Waals surface area contributed by atoms with Crippen molar-refractivity contribution in [2.45, 2.75) is 19.3 Å². The Morgan fingerprint density at radius 2 is 1.62 bits per heavy atom. The van der Waals surface area contributed by atoms with Gasteiger partial charge in [-0.3, -0.25) is 0 Å². The molecule has 0 fully saturated rings. The number of hydrogen-bond donors (Lipinski definition) is 0. The molecular weight excluding hydrogens is 362 g/mol. The first-order valence-electron chi connectivity index (χ1n) is 7.28. The molecule has 9 heteroatoms. The van der Waals surface area contributed by atoms with Crippen molar-refractivity contribution >= 4 is 10.9 Å². The summed E-state index contributed by atoms with van der Waals surface area (Å²) in [6.07, 6.45) is -8.91. The summed E-state index contributed by atoms with van der Waals surface area (Å²) in [5.41, 5.74) is -4.59. The van der Waals surface area contributed by atoms with Gasteiger partial charge < -0.3 is 5.21 Å². The highest BCUT2D eigenvalue weighted by Crippen LogP contribution is 2.42. The maximum absolute atomic E-state index is 13.5. The number of fused-ring (bicyclic) bond motifs is 1. The molecule has 3 rings (SSSR count). The third-order valence-corrected chi connectivity index (χ3v) is 3.93. The van der Waals surface area contributed by atoms with Gasteiger partial charge in [0.1, 0.15) is 0 Å². The van der Waals surface area contributed by atoms with Crippen molar-refractivity contribution in [3.8, 4) is 11.3 Å². The molecule has 136 valence electrons. The Hall–Kier alpha value is -2.84. The van der Waals surface area contributed by atoms with Gasteiger partial charge in [0.15, 0.2) is 11.9 Å². The van der Waals surface area contributed by atoms with E-state index in [9.17, 15) is 31.5 Å². The largest absolute Gasteiger partial charge is 0.618 e. The predicted octanol–water partition coefficient (Wildman–Crippen LogP) is 4.88. The van der Waals surface area contributed by atoms with Crippen molar-refractivity contribution in [2.24, 2.45) is 0 Å². The minimum Gasteiger partial charge on any atom is -0.618 e. The third kappa shape index (κ3) is 2.93. The number of halogens is 6. The molecule has 2 heterocycles. The van der Waals surface area contributed by atoms with E-state index in [2.05, 4.69) is 4.98 Å². The molecule has 0 N–H and O–H groups in total. The number of nitrogens with zero attached hydrogens (tertiary/aromatic N) is 2. The quantitative estimate of drug-likeness (QED) is 0.347. The van der Waals surface area contributed by atoms with Crippen LogP contribution in [0.3, 0.4) is 0 Å². The van der Waals surface area contributed by atoms with Gasteiger partial charge in [-0.15, -0.1) is 0 Å². The highest BCUT2D eigenvalue weighted by atomic mass is 19.4. The minimum absolute atomic E-state index is 0.105. The zero-order chi connectivity index (χ0) is 19.3. The van der Waals surface area contributed by atoms with Crippen molar-refractivity contribution in [3.63, 3.8) is 0 Å². The second-order valence-electron chi connectivity index (χ2n) is 5.57. The van der Waals surface area contributed by atoms with Crippen LogP contribution in [0, 0.1) is 12.1 Å². The fraction of sp³-hybridized carbons (Fsp3) is 0.176. The van der Waals surface area contributed by atoms with Gasteiger partial charge in [0, 0.05) is 17.5 Å². The molecule has 0 spiro atoms. The molecule has 0 bridgehead atoms. The first-order chi connectivity index (χ1) is 12.0. The Balaban J connectivity index is 2.50. The number of hydrogen-bond acceptors (Lipinski definition) is 2. The summed E-state index contributed by atoms with van der Waals surface area (Å²) in [7, 11) is 0. The van der Waals surface area contributed by atoms with Gasteiger partial charge >= 0.3 is 12.4 Å². The number of para-hydroxylation sites is 1. The lowest BCUT2D eigenvalue weighted by molar-refractivity contribution is -0.593. The lowest BCUT2D eigenvalue weighted by atomic mass is 9.96. The van der Waals surface area contributed by atoms with Crippen LogP contribution >= 0.6 is 0 Å². The van der Waals surface area contributed by atoms with Gasteiger partial charge in [-0.25, -0.2) is 4.98 Å². The summed E-state index contributed by atoms with van der Waals surface area (Å²) in [6, 6.07) is 6.85. The van der Waals surface area contributed by atoms with E-state index in [0.29, 0.717) is 6.07 Å². The van der Waals surface area contributed by atoms with Crippen LogP contribution in [0.4, 0.5) is 26.3 Å². The average Bonchev–Trinajstić information content (AvgIpc) is 2.53. The van der Waals surface area contributed by atoms with Crippen molar-refractivity contribution in [3.05, 3.63) is 64.6 Å². The molecule has 1 aromatic carbocycles. The van der Waals surface area contributed by atoms with E-state index in [0.717, 1.165) is 18.3 Å². The number of pyridine rings is 2.